The Morgan fingerprint density at radius 2 is 1.73 bits per heavy atom. The lowest BCUT2D eigenvalue weighted by molar-refractivity contribution is -0.116. The normalized spacial score (nSPS) is 10.5. The summed E-state index contributed by atoms with van der Waals surface area (Å²) in [7, 11) is 0. The van der Waals surface area contributed by atoms with Crippen LogP contribution >= 0.6 is 0 Å². The molecule has 3 aromatic carbocycles. The fraction of sp³-hybridized carbons (Fsp3) is 0.182. The Balaban J connectivity index is 1.64. The fourth-order valence-electron chi connectivity index (χ4n) is 2.92. The molecule has 3 rings (SSSR count). The number of carbonyl (C=O) groups excluding carboxylic acids is 2. The maximum Gasteiger partial charge on any atom is 0.338 e. The van der Waals surface area contributed by atoms with Crippen LogP contribution in [0.2, 0.25) is 0 Å². The van der Waals surface area contributed by atoms with Crippen LogP contribution in [0.15, 0.2) is 66.7 Å². The maximum atomic E-state index is 12.3. The summed E-state index contributed by atoms with van der Waals surface area (Å²) < 4.78 is 4.98. The third-order valence-electron chi connectivity index (χ3n) is 4.16. The van der Waals surface area contributed by atoms with E-state index in [-0.39, 0.29) is 11.9 Å². The molecule has 1 amide bonds. The lowest BCUT2D eigenvalue weighted by Gasteiger charge is -2.09. The average molecular weight is 347 g/mol. The van der Waals surface area contributed by atoms with Gasteiger partial charge in [0, 0.05) is 12.1 Å². The summed E-state index contributed by atoms with van der Waals surface area (Å²) in [6.45, 7) is 2.08. The van der Waals surface area contributed by atoms with E-state index in [1.807, 2.05) is 18.2 Å². The molecule has 4 heteroatoms. The quantitative estimate of drug-likeness (QED) is 0.664. The van der Waals surface area contributed by atoms with E-state index in [1.165, 1.54) is 10.8 Å². The van der Waals surface area contributed by atoms with E-state index < -0.39 is 0 Å². The van der Waals surface area contributed by atoms with E-state index in [0.29, 0.717) is 30.7 Å². The van der Waals surface area contributed by atoms with Gasteiger partial charge < -0.3 is 10.1 Å². The predicted molar refractivity (Wildman–Crippen MR) is 103 cm³/mol. The predicted octanol–water partition coefficient (Wildman–Crippen LogP) is 4.59. The smallest absolute Gasteiger partial charge is 0.338 e. The second kappa shape index (κ2) is 8.30. The molecule has 0 bridgehead atoms. The van der Waals surface area contributed by atoms with Crippen LogP contribution in [0.3, 0.4) is 0 Å². The van der Waals surface area contributed by atoms with Gasteiger partial charge in [-0.05, 0) is 47.9 Å². The van der Waals surface area contributed by atoms with Crippen LogP contribution in [-0.4, -0.2) is 18.5 Å². The molecule has 1 N–H and O–H groups in total. The van der Waals surface area contributed by atoms with Crippen molar-refractivity contribution in [3.05, 3.63) is 77.9 Å². The second-order valence-corrected chi connectivity index (χ2v) is 5.99. The molecule has 26 heavy (non-hydrogen) atoms. The number of hydrogen-bond acceptors (Lipinski definition) is 3. The minimum atomic E-state index is -0.389. The van der Waals surface area contributed by atoms with Crippen molar-refractivity contribution in [1.29, 1.82) is 0 Å². The van der Waals surface area contributed by atoms with Gasteiger partial charge in [0.15, 0.2) is 0 Å². The van der Waals surface area contributed by atoms with E-state index in [9.17, 15) is 9.59 Å². The van der Waals surface area contributed by atoms with Gasteiger partial charge in [0.2, 0.25) is 5.91 Å². The second-order valence-electron chi connectivity index (χ2n) is 5.99. The van der Waals surface area contributed by atoms with Crippen molar-refractivity contribution in [3.63, 3.8) is 0 Å². The van der Waals surface area contributed by atoms with Crippen LogP contribution in [-0.2, 0) is 16.0 Å². The van der Waals surface area contributed by atoms with Gasteiger partial charge in [0.1, 0.15) is 0 Å². The number of ether oxygens (including phenoxy) is 1. The van der Waals surface area contributed by atoms with Gasteiger partial charge in [0.25, 0.3) is 0 Å². The largest absolute Gasteiger partial charge is 0.462 e. The zero-order chi connectivity index (χ0) is 18.4. The highest BCUT2D eigenvalue weighted by molar-refractivity contribution is 5.95. The number of anilines is 1. The first-order valence-corrected chi connectivity index (χ1v) is 8.71. The summed E-state index contributed by atoms with van der Waals surface area (Å²) in [5, 5.41) is 5.20. The van der Waals surface area contributed by atoms with Crippen molar-refractivity contribution >= 4 is 28.3 Å². The van der Waals surface area contributed by atoms with Crippen LogP contribution in [0.25, 0.3) is 10.8 Å². The van der Waals surface area contributed by atoms with Gasteiger partial charge >= 0.3 is 5.97 Å². The molecular formula is C22H21NO3. The molecule has 0 aromatic heterocycles. The third kappa shape index (κ3) is 4.28. The number of amides is 1. The Kier molecular flexibility index (Phi) is 5.64. The fourth-order valence-corrected chi connectivity index (χ4v) is 2.92. The van der Waals surface area contributed by atoms with E-state index >= 15 is 0 Å². The molecule has 0 saturated carbocycles. The standard InChI is InChI=1S/C22H21NO3/c1-2-26-22(25)18-10-6-11-19(15-18)23-21(24)14-13-17-9-5-8-16-7-3-4-12-20(16)17/h3-12,15H,2,13-14H2,1H3,(H,23,24). The van der Waals surface area contributed by atoms with Crippen molar-refractivity contribution in [1.82, 2.24) is 0 Å². The molecule has 0 unspecified atom stereocenters. The molecule has 0 aliphatic rings. The highest BCUT2D eigenvalue weighted by atomic mass is 16.5. The molecule has 0 fully saturated rings. The monoisotopic (exact) mass is 347 g/mol. The van der Waals surface area contributed by atoms with Gasteiger partial charge in [-0.2, -0.15) is 0 Å². The minimum Gasteiger partial charge on any atom is -0.462 e. The molecule has 4 nitrogen and oxygen atoms in total. The zero-order valence-electron chi connectivity index (χ0n) is 14.7. The highest BCUT2D eigenvalue weighted by Gasteiger charge is 2.09. The van der Waals surface area contributed by atoms with Crippen molar-refractivity contribution in [2.45, 2.75) is 19.8 Å². The number of aryl methyl sites for hydroxylation is 1. The van der Waals surface area contributed by atoms with Crippen LogP contribution < -0.4 is 5.32 Å². The van der Waals surface area contributed by atoms with Gasteiger partial charge in [-0.25, -0.2) is 4.79 Å². The summed E-state index contributed by atoms with van der Waals surface area (Å²) in [6.07, 6.45) is 1.03. The van der Waals surface area contributed by atoms with Crippen molar-refractivity contribution in [2.75, 3.05) is 11.9 Å². The molecular weight excluding hydrogens is 326 g/mol. The molecule has 0 spiro atoms. The Hall–Kier alpha value is -3.14. The summed E-state index contributed by atoms with van der Waals surface area (Å²) in [6, 6.07) is 21.1. The summed E-state index contributed by atoms with van der Waals surface area (Å²) >= 11 is 0. The lowest BCUT2D eigenvalue weighted by atomic mass is 10.0. The van der Waals surface area contributed by atoms with E-state index in [2.05, 4.69) is 29.6 Å². The first-order chi connectivity index (χ1) is 12.7. The number of esters is 1. The van der Waals surface area contributed by atoms with Crippen LogP contribution in [0.5, 0.6) is 0 Å². The number of fused-ring (bicyclic) bond motifs is 1. The topological polar surface area (TPSA) is 55.4 Å². The maximum absolute atomic E-state index is 12.3. The van der Waals surface area contributed by atoms with E-state index in [4.69, 9.17) is 4.74 Å². The summed E-state index contributed by atoms with van der Waals surface area (Å²) in [5.74, 6) is -0.474. The lowest BCUT2D eigenvalue weighted by Crippen LogP contribution is -2.13. The molecule has 0 heterocycles. The first kappa shape index (κ1) is 17.7. The van der Waals surface area contributed by atoms with Gasteiger partial charge in [-0.1, -0.05) is 48.5 Å². The van der Waals surface area contributed by atoms with Crippen molar-refractivity contribution in [2.24, 2.45) is 0 Å². The SMILES string of the molecule is CCOC(=O)c1cccc(NC(=O)CCc2cccc3ccccc23)c1. The Morgan fingerprint density at radius 1 is 0.962 bits per heavy atom. The molecule has 0 radical (unpaired) electrons. The number of benzene rings is 3. The Labute approximate surface area is 152 Å². The van der Waals surface area contributed by atoms with Crippen LogP contribution in [0.1, 0.15) is 29.3 Å². The van der Waals surface area contributed by atoms with E-state index in [0.717, 1.165) is 5.56 Å². The number of carbonyl (C=O) groups is 2. The zero-order valence-corrected chi connectivity index (χ0v) is 14.7. The summed E-state index contributed by atoms with van der Waals surface area (Å²) in [5.41, 5.74) is 2.18. The summed E-state index contributed by atoms with van der Waals surface area (Å²) in [4.78, 5) is 24.1. The van der Waals surface area contributed by atoms with Gasteiger partial charge in [0.05, 0.1) is 12.2 Å². The number of nitrogens with one attached hydrogen (secondary N) is 1. The molecule has 0 aliphatic heterocycles. The first-order valence-electron chi connectivity index (χ1n) is 8.71. The molecule has 3 aromatic rings. The average Bonchev–Trinajstić information content (AvgIpc) is 2.67. The van der Waals surface area contributed by atoms with Crippen LogP contribution in [0.4, 0.5) is 5.69 Å². The van der Waals surface area contributed by atoms with Crippen LogP contribution in [0, 0.1) is 0 Å². The number of hydrogen-bond donors (Lipinski definition) is 1. The van der Waals surface area contributed by atoms with Gasteiger partial charge in [-0.3, -0.25) is 4.79 Å². The molecule has 132 valence electrons. The van der Waals surface area contributed by atoms with E-state index in [1.54, 1.807) is 31.2 Å². The molecule has 0 saturated heterocycles. The van der Waals surface area contributed by atoms with Crippen molar-refractivity contribution < 1.29 is 14.3 Å². The Bertz CT molecular complexity index is 928. The highest BCUT2D eigenvalue weighted by Crippen LogP contribution is 2.20. The Morgan fingerprint density at radius 3 is 2.58 bits per heavy atom. The number of rotatable bonds is 6. The molecule has 0 aliphatic carbocycles. The van der Waals surface area contributed by atoms with Gasteiger partial charge in [-0.15, -0.1) is 0 Å². The van der Waals surface area contributed by atoms with Crippen molar-refractivity contribution in [3.8, 4) is 0 Å². The molecule has 0 atom stereocenters. The third-order valence-corrected chi connectivity index (χ3v) is 4.16. The minimum absolute atomic E-state index is 0.0843.